The number of amides is 1. The number of nitrogens with zero attached hydrogens (tertiary/aromatic N) is 1. The van der Waals surface area contributed by atoms with Crippen LogP contribution in [-0.2, 0) is 4.79 Å². The van der Waals surface area contributed by atoms with Crippen LogP contribution in [0, 0.1) is 13.8 Å². The summed E-state index contributed by atoms with van der Waals surface area (Å²) in [5.41, 5.74) is 7.63. The summed E-state index contributed by atoms with van der Waals surface area (Å²) in [6, 6.07) is 20.9. The molecule has 0 aliphatic heterocycles. The number of benzene rings is 3. The average Bonchev–Trinajstić information content (AvgIpc) is 2.75. The molecule has 2 N–H and O–H groups in total. The van der Waals surface area contributed by atoms with E-state index in [0.717, 1.165) is 28.1 Å². The Labute approximate surface area is 176 Å². The lowest BCUT2D eigenvalue weighted by Gasteiger charge is -2.12. The highest BCUT2D eigenvalue weighted by atomic mass is 16.5. The van der Waals surface area contributed by atoms with Crippen molar-refractivity contribution >= 4 is 23.5 Å². The third-order valence-corrected chi connectivity index (χ3v) is 4.38. The second-order valence-electron chi connectivity index (χ2n) is 6.80. The SMILES string of the molecule is COc1cc(/C=N/Nc2ccccc2)ccc1OCC(=O)Nc1ccc(C)cc1C. The van der Waals surface area contributed by atoms with Crippen molar-refractivity contribution in [2.45, 2.75) is 13.8 Å². The van der Waals surface area contributed by atoms with Gasteiger partial charge in [0.2, 0.25) is 0 Å². The number of hydrogen-bond acceptors (Lipinski definition) is 5. The molecule has 0 bridgehead atoms. The molecule has 0 radical (unpaired) electrons. The lowest BCUT2D eigenvalue weighted by atomic mass is 10.1. The molecule has 3 rings (SSSR count). The molecule has 0 atom stereocenters. The molecule has 3 aromatic carbocycles. The third kappa shape index (κ3) is 5.85. The van der Waals surface area contributed by atoms with Crippen molar-refractivity contribution in [3.63, 3.8) is 0 Å². The second kappa shape index (κ2) is 10.1. The van der Waals surface area contributed by atoms with Crippen LogP contribution in [0.1, 0.15) is 16.7 Å². The summed E-state index contributed by atoms with van der Waals surface area (Å²) in [5, 5.41) is 7.08. The molecule has 1 amide bonds. The molecule has 0 heterocycles. The van der Waals surface area contributed by atoms with E-state index in [9.17, 15) is 4.79 Å². The van der Waals surface area contributed by atoms with E-state index in [4.69, 9.17) is 9.47 Å². The third-order valence-electron chi connectivity index (χ3n) is 4.38. The highest BCUT2D eigenvalue weighted by Gasteiger charge is 2.10. The smallest absolute Gasteiger partial charge is 0.262 e. The van der Waals surface area contributed by atoms with Crippen LogP contribution >= 0.6 is 0 Å². The summed E-state index contributed by atoms with van der Waals surface area (Å²) in [4.78, 5) is 12.3. The van der Waals surface area contributed by atoms with Crippen LogP contribution in [0.5, 0.6) is 11.5 Å². The van der Waals surface area contributed by atoms with Crippen LogP contribution in [-0.4, -0.2) is 25.8 Å². The fourth-order valence-electron chi connectivity index (χ4n) is 2.86. The van der Waals surface area contributed by atoms with E-state index in [2.05, 4.69) is 15.8 Å². The standard InChI is InChI=1S/C24H25N3O3/c1-17-9-11-21(18(2)13-17)26-24(28)16-30-22-12-10-19(14-23(22)29-3)15-25-27-20-7-5-4-6-8-20/h4-15,27H,16H2,1-3H3,(H,26,28)/b25-15+. The first-order valence-electron chi connectivity index (χ1n) is 9.57. The van der Waals surface area contributed by atoms with E-state index in [0.29, 0.717) is 11.5 Å². The quantitative estimate of drug-likeness (QED) is 0.420. The first-order chi connectivity index (χ1) is 14.5. The van der Waals surface area contributed by atoms with Crippen molar-refractivity contribution in [2.75, 3.05) is 24.5 Å². The van der Waals surface area contributed by atoms with E-state index in [1.165, 1.54) is 0 Å². The fraction of sp³-hybridized carbons (Fsp3) is 0.167. The first kappa shape index (κ1) is 20.9. The normalized spacial score (nSPS) is 10.6. The summed E-state index contributed by atoms with van der Waals surface area (Å²) in [6.45, 7) is 3.85. The van der Waals surface area contributed by atoms with Gasteiger partial charge in [-0.3, -0.25) is 10.2 Å². The molecule has 0 aliphatic rings. The molecule has 0 spiro atoms. The zero-order valence-corrected chi connectivity index (χ0v) is 17.3. The summed E-state index contributed by atoms with van der Waals surface area (Å²) in [7, 11) is 1.56. The molecule has 6 nitrogen and oxygen atoms in total. The van der Waals surface area contributed by atoms with E-state index >= 15 is 0 Å². The van der Waals surface area contributed by atoms with E-state index in [1.807, 2.05) is 68.4 Å². The Hall–Kier alpha value is -3.80. The number of hydrogen-bond donors (Lipinski definition) is 2. The number of anilines is 2. The first-order valence-corrected chi connectivity index (χ1v) is 9.57. The number of rotatable bonds is 8. The minimum atomic E-state index is -0.235. The molecule has 0 saturated carbocycles. The molecule has 30 heavy (non-hydrogen) atoms. The van der Waals surface area contributed by atoms with Gasteiger partial charge in [-0.15, -0.1) is 0 Å². The van der Waals surface area contributed by atoms with Crippen molar-refractivity contribution in [1.82, 2.24) is 0 Å². The maximum atomic E-state index is 12.3. The van der Waals surface area contributed by atoms with Crippen molar-refractivity contribution in [3.05, 3.63) is 83.4 Å². The maximum Gasteiger partial charge on any atom is 0.262 e. The number of carbonyl (C=O) groups is 1. The van der Waals surface area contributed by atoms with Crippen LogP contribution in [0.4, 0.5) is 11.4 Å². The number of carbonyl (C=O) groups excluding carboxylic acids is 1. The van der Waals surface area contributed by atoms with Crippen molar-refractivity contribution < 1.29 is 14.3 Å². The van der Waals surface area contributed by atoms with Crippen LogP contribution in [0.25, 0.3) is 0 Å². The zero-order valence-electron chi connectivity index (χ0n) is 17.3. The highest BCUT2D eigenvalue weighted by Crippen LogP contribution is 2.27. The molecular weight excluding hydrogens is 378 g/mol. The van der Waals surface area contributed by atoms with E-state index in [1.54, 1.807) is 25.5 Å². The van der Waals surface area contributed by atoms with E-state index in [-0.39, 0.29) is 12.5 Å². The number of nitrogens with one attached hydrogen (secondary N) is 2. The van der Waals surface area contributed by atoms with Gasteiger partial charge in [0.1, 0.15) is 0 Å². The number of hydrazone groups is 1. The largest absolute Gasteiger partial charge is 0.493 e. The Morgan fingerprint density at radius 2 is 1.80 bits per heavy atom. The van der Waals surface area contributed by atoms with Crippen molar-refractivity contribution in [3.8, 4) is 11.5 Å². The Bertz CT molecular complexity index is 1030. The van der Waals surface area contributed by atoms with Gasteiger partial charge in [0.15, 0.2) is 18.1 Å². The highest BCUT2D eigenvalue weighted by molar-refractivity contribution is 5.92. The molecule has 0 unspecified atom stereocenters. The predicted octanol–water partition coefficient (Wildman–Crippen LogP) is 4.78. The molecule has 0 aromatic heterocycles. The summed E-state index contributed by atoms with van der Waals surface area (Å²) >= 11 is 0. The Morgan fingerprint density at radius 3 is 2.53 bits per heavy atom. The Kier molecular flexibility index (Phi) is 7.05. The molecule has 154 valence electrons. The Morgan fingerprint density at radius 1 is 1.00 bits per heavy atom. The molecule has 6 heteroatoms. The van der Waals surface area contributed by atoms with Crippen molar-refractivity contribution in [2.24, 2.45) is 5.10 Å². The molecule has 0 aliphatic carbocycles. The van der Waals surface area contributed by atoms with Gasteiger partial charge in [0.25, 0.3) is 5.91 Å². The lowest BCUT2D eigenvalue weighted by molar-refractivity contribution is -0.118. The molecule has 3 aromatic rings. The van der Waals surface area contributed by atoms with Crippen molar-refractivity contribution in [1.29, 1.82) is 0 Å². The minimum Gasteiger partial charge on any atom is -0.493 e. The predicted molar refractivity (Wildman–Crippen MR) is 121 cm³/mol. The van der Waals surface area contributed by atoms with Gasteiger partial charge in [-0.2, -0.15) is 5.10 Å². The number of aryl methyl sites for hydroxylation is 2. The molecular formula is C24H25N3O3. The van der Waals surface area contributed by atoms with Gasteiger partial charge < -0.3 is 14.8 Å². The van der Waals surface area contributed by atoms with E-state index < -0.39 is 0 Å². The summed E-state index contributed by atoms with van der Waals surface area (Å²) in [6.07, 6.45) is 1.69. The number of ether oxygens (including phenoxy) is 2. The lowest BCUT2D eigenvalue weighted by Crippen LogP contribution is -2.20. The van der Waals surface area contributed by atoms with Gasteiger partial charge in [-0.1, -0.05) is 35.9 Å². The molecule has 0 saturated heterocycles. The van der Waals surface area contributed by atoms with Gasteiger partial charge in [-0.05, 0) is 61.4 Å². The van der Waals surface area contributed by atoms with Crippen LogP contribution < -0.4 is 20.2 Å². The van der Waals surface area contributed by atoms with Crippen LogP contribution in [0.3, 0.4) is 0 Å². The van der Waals surface area contributed by atoms with Gasteiger partial charge >= 0.3 is 0 Å². The van der Waals surface area contributed by atoms with Crippen LogP contribution in [0.15, 0.2) is 71.8 Å². The average molecular weight is 403 g/mol. The topological polar surface area (TPSA) is 71.9 Å². The number of methoxy groups -OCH3 is 1. The number of para-hydroxylation sites is 1. The summed E-state index contributed by atoms with van der Waals surface area (Å²) in [5.74, 6) is 0.779. The minimum absolute atomic E-state index is 0.118. The van der Waals surface area contributed by atoms with Gasteiger partial charge in [0.05, 0.1) is 19.0 Å². The molecule has 0 fully saturated rings. The maximum absolute atomic E-state index is 12.3. The second-order valence-corrected chi connectivity index (χ2v) is 6.80. The van der Waals surface area contributed by atoms with Gasteiger partial charge in [0, 0.05) is 5.69 Å². The van der Waals surface area contributed by atoms with Crippen LogP contribution in [0.2, 0.25) is 0 Å². The zero-order chi connectivity index (χ0) is 21.3. The Balaban J connectivity index is 1.58. The monoisotopic (exact) mass is 403 g/mol. The fourth-order valence-corrected chi connectivity index (χ4v) is 2.86. The summed E-state index contributed by atoms with van der Waals surface area (Å²) < 4.78 is 11.1. The van der Waals surface area contributed by atoms with Gasteiger partial charge in [-0.25, -0.2) is 0 Å².